The molecule has 6 heteroatoms. The fourth-order valence-electron chi connectivity index (χ4n) is 2.64. The zero-order chi connectivity index (χ0) is 15.7. The number of hydrogen-bond acceptors (Lipinski definition) is 3. The number of carbonyl (C=O) groups is 2. The molecule has 5 N–H and O–H groups in total. The summed E-state index contributed by atoms with van der Waals surface area (Å²) in [6, 6.07) is 6.90. The standard InChI is InChI=1S/C15H16ClN3O2/c1-7-11(14(17)20)13(9-3-5-10(16)6-4-9)12(15(18)21)8(2)19-7/h3-6,13,19H,1-2H3,(H2,17,20)(H2,18,21). The highest BCUT2D eigenvalue weighted by molar-refractivity contribution is 6.30. The highest BCUT2D eigenvalue weighted by Crippen LogP contribution is 2.37. The second kappa shape index (κ2) is 5.61. The lowest BCUT2D eigenvalue weighted by Crippen LogP contribution is -2.35. The maximum absolute atomic E-state index is 11.8. The average molecular weight is 306 g/mol. The summed E-state index contributed by atoms with van der Waals surface area (Å²) in [6.07, 6.45) is 0. The molecule has 2 amide bonds. The van der Waals surface area contributed by atoms with Crippen molar-refractivity contribution in [3.05, 3.63) is 57.4 Å². The number of nitrogens with two attached hydrogens (primary N) is 2. The van der Waals surface area contributed by atoms with Crippen LogP contribution in [0.3, 0.4) is 0 Å². The number of amides is 2. The van der Waals surface area contributed by atoms with Gasteiger partial charge in [-0.1, -0.05) is 23.7 Å². The van der Waals surface area contributed by atoms with Crippen molar-refractivity contribution in [3.8, 4) is 0 Å². The first-order chi connectivity index (χ1) is 9.82. The van der Waals surface area contributed by atoms with E-state index in [4.69, 9.17) is 23.1 Å². The largest absolute Gasteiger partial charge is 0.366 e. The number of primary amides is 2. The molecule has 1 aromatic rings. The molecule has 0 saturated carbocycles. The van der Waals surface area contributed by atoms with Gasteiger partial charge in [0.15, 0.2) is 0 Å². The topological polar surface area (TPSA) is 98.2 Å². The van der Waals surface area contributed by atoms with E-state index in [1.165, 1.54) is 0 Å². The molecule has 0 bridgehead atoms. The van der Waals surface area contributed by atoms with Gasteiger partial charge in [0.2, 0.25) is 11.8 Å². The van der Waals surface area contributed by atoms with E-state index in [0.717, 1.165) is 5.56 Å². The summed E-state index contributed by atoms with van der Waals surface area (Å²) < 4.78 is 0. The van der Waals surface area contributed by atoms with Crippen molar-refractivity contribution in [3.63, 3.8) is 0 Å². The fraction of sp³-hybridized carbons (Fsp3) is 0.200. The van der Waals surface area contributed by atoms with Crippen molar-refractivity contribution in [2.45, 2.75) is 19.8 Å². The predicted molar refractivity (Wildman–Crippen MR) is 81.1 cm³/mol. The molecule has 0 unspecified atom stereocenters. The first kappa shape index (κ1) is 15.1. The third-order valence-electron chi connectivity index (χ3n) is 3.49. The number of allylic oxidation sites excluding steroid dienone is 2. The number of halogens is 1. The van der Waals surface area contributed by atoms with Gasteiger partial charge in [0.05, 0.1) is 0 Å². The van der Waals surface area contributed by atoms with E-state index < -0.39 is 17.7 Å². The Kier molecular flexibility index (Phi) is 4.04. The van der Waals surface area contributed by atoms with Crippen molar-refractivity contribution in [1.82, 2.24) is 5.32 Å². The number of dihydropyridines is 1. The van der Waals surface area contributed by atoms with E-state index in [-0.39, 0.29) is 0 Å². The van der Waals surface area contributed by atoms with Gasteiger partial charge in [0.1, 0.15) is 0 Å². The Bertz CT molecular complexity index is 639. The van der Waals surface area contributed by atoms with Crippen LogP contribution >= 0.6 is 11.6 Å². The predicted octanol–water partition coefficient (Wildman–Crippen LogP) is 1.55. The highest BCUT2D eigenvalue weighted by atomic mass is 35.5. The lowest BCUT2D eigenvalue weighted by Gasteiger charge is -2.29. The van der Waals surface area contributed by atoms with E-state index in [1.807, 2.05) is 0 Å². The molecule has 0 aromatic heterocycles. The van der Waals surface area contributed by atoms with Gasteiger partial charge in [-0.05, 0) is 31.5 Å². The number of hydrogen-bond donors (Lipinski definition) is 3. The smallest absolute Gasteiger partial charge is 0.247 e. The van der Waals surface area contributed by atoms with E-state index in [1.54, 1.807) is 38.1 Å². The van der Waals surface area contributed by atoms with Crippen LogP contribution in [0.1, 0.15) is 25.3 Å². The maximum atomic E-state index is 11.8. The second-order valence-corrected chi connectivity index (χ2v) is 5.35. The minimum atomic E-state index is -0.591. The summed E-state index contributed by atoms with van der Waals surface area (Å²) in [6.45, 7) is 3.48. The quantitative estimate of drug-likeness (QED) is 0.790. The van der Waals surface area contributed by atoms with Crippen LogP contribution in [0.5, 0.6) is 0 Å². The molecule has 110 valence electrons. The van der Waals surface area contributed by atoms with Gasteiger partial charge in [0, 0.05) is 33.5 Å². The van der Waals surface area contributed by atoms with E-state index >= 15 is 0 Å². The molecule has 0 atom stereocenters. The van der Waals surface area contributed by atoms with Gasteiger partial charge in [-0.2, -0.15) is 0 Å². The van der Waals surface area contributed by atoms with Crippen LogP contribution in [-0.2, 0) is 9.59 Å². The van der Waals surface area contributed by atoms with Crippen LogP contribution in [0.4, 0.5) is 0 Å². The Labute approximate surface area is 127 Å². The molecule has 0 saturated heterocycles. The normalized spacial score (nSPS) is 16.0. The summed E-state index contributed by atoms with van der Waals surface area (Å²) in [4.78, 5) is 23.6. The highest BCUT2D eigenvalue weighted by Gasteiger charge is 2.34. The first-order valence-corrected chi connectivity index (χ1v) is 6.74. The first-order valence-electron chi connectivity index (χ1n) is 6.36. The third kappa shape index (κ3) is 2.78. The minimum absolute atomic E-state index is 0.330. The van der Waals surface area contributed by atoms with Crippen molar-refractivity contribution in [2.75, 3.05) is 0 Å². The summed E-state index contributed by atoms with van der Waals surface area (Å²) in [7, 11) is 0. The molecule has 1 heterocycles. The molecule has 21 heavy (non-hydrogen) atoms. The van der Waals surface area contributed by atoms with Crippen molar-refractivity contribution in [1.29, 1.82) is 0 Å². The number of carbonyl (C=O) groups excluding carboxylic acids is 2. The Hall–Kier alpha value is -2.27. The van der Waals surface area contributed by atoms with Crippen LogP contribution < -0.4 is 16.8 Å². The zero-order valence-electron chi connectivity index (χ0n) is 11.7. The molecule has 1 aliphatic rings. The van der Waals surface area contributed by atoms with Gasteiger partial charge in [-0.3, -0.25) is 9.59 Å². The molecular formula is C15H16ClN3O2. The van der Waals surface area contributed by atoms with E-state index in [2.05, 4.69) is 5.32 Å². The Morgan fingerprint density at radius 3 is 1.81 bits per heavy atom. The molecule has 0 fully saturated rings. The second-order valence-electron chi connectivity index (χ2n) is 4.92. The fourth-order valence-corrected chi connectivity index (χ4v) is 2.76. The van der Waals surface area contributed by atoms with Crippen LogP contribution in [0.15, 0.2) is 46.8 Å². The molecule has 0 aliphatic carbocycles. The Morgan fingerprint density at radius 2 is 1.43 bits per heavy atom. The molecule has 1 aliphatic heterocycles. The van der Waals surface area contributed by atoms with Gasteiger partial charge in [-0.25, -0.2) is 0 Å². The summed E-state index contributed by atoms with van der Waals surface area (Å²) >= 11 is 5.89. The van der Waals surface area contributed by atoms with Crippen LogP contribution in [0.2, 0.25) is 5.02 Å². The SMILES string of the molecule is CC1=C(C(N)=O)C(c2ccc(Cl)cc2)C(C(N)=O)=C(C)N1. The lowest BCUT2D eigenvalue weighted by atomic mass is 9.80. The molecule has 0 spiro atoms. The van der Waals surface area contributed by atoms with Crippen LogP contribution in [0.25, 0.3) is 0 Å². The molecular weight excluding hydrogens is 290 g/mol. The van der Waals surface area contributed by atoms with Crippen LogP contribution in [0, 0.1) is 0 Å². The summed E-state index contributed by atoms with van der Waals surface area (Å²) in [5, 5.41) is 3.55. The van der Waals surface area contributed by atoms with E-state index in [9.17, 15) is 9.59 Å². The van der Waals surface area contributed by atoms with Crippen molar-refractivity contribution >= 4 is 23.4 Å². The Balaban J connectivity index is 2.67. The van der Waals surface area contributed by atoms with Crippen molar-refractivity contribution in [2.24, 2.45) is 11.5 Å². The summed E-state index contributed by atoms with van der Waals surface area (Å²) in [5.74, 6) is -1.77. The van der Waals surface area contributed by atoms with Gasteiger partial charge in [0.25, 0.3) is 0 Å². The average Bonchev–Trinajstić information content (AvgIpc) is 2.37. The maximum Gasteiger partial charge on any atom is 0.247 e. The molecule has 1 aromatic carbocycles. The van der Waals surface area contributed by atoms with Gasteiger partial charge >= 0.3 is 0 Å². The summed E-state index contributed by atoms with van der Waals surface area (Å²) in [5.41, 5.74) is 13.6. The number of nitrogens with one attached hydrogen (secondary N) is 1. The number of rotatable bonds is 3. The van der Waals surface area contributed by atoms with Crippen molar-refractivity contribution < 1.29 is 9.59 Å². The number of benzene rings is 1. The Morgan fingerprint density at radius 1 is 1.00 bits per heavy atom. The monoisotopic (exact) mass is 305 g/mol. The van der Waals surface area contributed by atoms with Gasteiger partial charge in [-0.15, -0.1) is 0 Å². The lowest BCUT2D eigenvalue weighted by molar-refractivity contribution is -0.115. The van der Waals surface area contributed by atoms with Gasteiger partial charge < -0.3 is 16.8 Å². The van der Waals surface area contributed by atoms with Crippen LogP contribution in [-0.4, -0.2) is 11.8 Å². The molecule has 0 radical (unpaired) electrons. The third-order valence-corrected chi connectivity index (χ3v) is 3.75. The molecule has 5 nitrogen and oxygen atoms in total. The minimum Gasteiger partial charge on any atom is -0.366 e. The molecule has 2 rings (SSSR count). The van der Waals surface area contributed by atoms with E-state index in [0.29, 0.717) is 27.6 Å². The zero-order valence-corrected chi connectivity index (χ0v) is 12.5.